The number of aromatic carboxylic acids is 1. The molecule has 2 aromatic rings. The summed E-state index contributed by atoms with van der Waals surface area (Å²) in [6.07, 6.45) is 3.36. The van der Waals surface area contributed by atoms with Gasteiger partial charge in [-0.2, -0.15) is 0 Å². The summed E-state index contributed by atoms with van der Waals surface area (Å²) >= 11 is 3.31. The van der Waals surface area contributed by atoms with Crippen molar-refractivity contribution in [1.29, 1.82) is 0 Å². The van der Waals surface area contributed by atoms with E-state index >= 15 is 0 Å². The van der Waals surface area contributed by atoms with E-state index < -0.39 is 11.8 Å². The van der Waals surface area contributed by atoms with Crippen LogP contribution in [0.2, 0.25) is 0 Å². The third-order valence-corrected chi connectivity index (χ3v) is 2.89. The Balaban J connectivity index is 2.12. The lowest BCUT2D eigenvalue weighted by molar-refractivity contribution is 0.0692. The van der Waals surface area contributed by atoms with Crippen LogP contribution in [0.3, 0.4) is 0 Å². The Morgan fingerprint density at radius 1 is 1.37 bits per heavy atom. The number of rotatable bonds is 4. The Labute approximate surface area is 117 Å². The monoisotopic (exact) mass is 324 g/mol. The summed E-state index contributed by atoms with van der Waals surface area (Å²) in [5, 5.41) is 11.8. The number of halogens is 2. The summed E-state index contributed by atoms with van der Waals surface area (Å²) in [6.45, 7) is 0.469. The molecular formula is C13H10BrFN2O2. The van der Waals surface area contributed by atoms with Gasteiger partial charge in [0, 0.05) is 29.1 Å². The maximum atomic E-state index is 13.2. The minimum absolute atomic E-state index is 0.350. The maximum Gasteiger partial charge on any atom is 0.338 e. The molecule has 2 rings (SSSR count). The van der Waals surface area contributed by atoms with Gasteiger partial charge < -0.3 is 10.4 Å². The molecule has 0 amide bonds. The number of nitrogens with zero attached hydrogens (tertiary/aromatic N) is 1. The van der Waals surface area contributed by atoms with E-state index in [-0.39, 0.29) is 5.56 Å². The van der Waals surface area contributed by atoms with E-state index in [2.05, 4.69) is 26.2 Å². The summed E-state index contributed by atoms with van der Waals surface area (Å²) in [7, 11) is 0. The van der Waals surface area contributed by atoms with Gasteiger partial charge in [-0.15, -0.1) is 0 Å². The second kappa shape index (κ2) is 5.79. The molecule has 0 saturated heterocycles. The number of nitrogens with one attached hydrogen (secondary N) is 1. The first kappa shape index (κ1) is 13.5. The van der Waals surface area contributed by atoms with Crippen molar-refractivity contribution >= 4 is 27.6 Å². The standard InChI is InChI=1S/C13H10BrFN2O2/c14-9-3-8(5-16-7-9)6-17-10-1-2-12(15)11(4-10)13(18)19/h1-5,7,17H,6H2,(H,18,19). The summed E-state index contributed by atoms with van der Waals surface area (Å²) in [6, 6.07) is 5.78. The van der Waals surface area contributed by atoms with Crippen molar-refractivity contribution in [1.82, 2.24) is 4.98 Å². The van der Waals surface area contributed by atoms with Crippen LogP contribution in [0.5, 0.6) is 0 Å². The number of hydrogen-bond acceptors (Lipinski definition) is 3. The zero-order valence-corrected chi connectivity index (χ0v) is 11.3. The molecule has 0 aliphatic rings. The van der Waals surface area contributed by atoms with Gasteiger partial charge in [-0.05, 0) is 45.8 Å². The fraction of sp³-hybridized carbons (Fsp3) is 0.0769. The lowest BCUT2D eigenvalue weighted by Crippen LogP contribution is -2.04. The summed E-state index contributed by atoms with van der Waals surface area (Å²) in [4.78, 5) is 14.8. The van der Waals surface area contributed by atoms with Gasteiger partial charge in [0.15, 0.2) is 0 Å². The smallest absolute Gasteiger partial charge is 0.338 e. The van der Waals surface area contributed by atoms with Crippen LogP contribution in [-0.2, 0) is 6.54 Å². The highest BCUT2D eigenvalue weighted by Crippen LogP contribution is 2.16. The molecule has 0 fully saturated rings. The van der Waals surface area contributed by atoms with E-state index in [0.717, 1.165) is 16.1 Å². The molecule has 1 heterocycles. The van der Waals surface area contributed by atoms with Gasteiger partial charge in [0.2, 0.25) is 0 Å². The quantitative estimate of drug-likeness (QED) is 0.905. The van der Waals surface area contributed by atoms with Gasteiger partial charge in [0.25, 0.3) is 0 Å². The van der Waals surface area contributed by atoms with Gasteiger partial charge in [0.1, 0.15) is 5.82 Å². The minimum Gasteiger partial charge on any atom is -0.478 e. The number of anilines is 1. The van der Waals surface area contributed by atoms with Crippen molar-refractivity contribution in [3.63, 3.8) is 0 Å². The third-order valence-electron chi connectivity index (χ3n) is 2.45. The van der Waals surface area contributed by atoms with Crippen LogP contribution in [0.25, 0.3) is 0 Å². The van der Waals surface area contributed by atoms with Crippen molar-refractivity contribution in [2.45, 2.75) is 6.54 Å². The molecule has 1 aromatic carbocycles. The summed E-state index contributed by atoms with van der Waals surface area (Å²) in [5.74, 6) is -2.03. The molecule has 0 saturated carbocycles. The highest BCUT2D eigenvalue weighted by Gasteiger charge is 2.10. The Bertz CT molecular complexity index is 619. The number of aromatic nitrogens is 1. The SMILES string of the molecule is O=C(O)c1cc(NCc2cncc(Br)c2)ccc1F. The van der Waals surface area contributed by atoms with Crippen molar-refractivity contribution in [2.24, 2.45) is 0 Å². The first-order chi connectivity index (χ1) is 9.06. The predicted molar refractivity (Wildman–Crippen MR) is 72.6 cm³/mol. The topological polar surface area (TPSA) is 62.2 Å². The Hall–Kier alpha value is -1.95. The van der Waals surface area contributed by atoms with Crippen molar-refractivity contribution in [3.05, 3.63) is 58.1 Å². The predicted octanol–water partition coefficient (Wildman–Crippen LogP) is 3.29. The van der Waals surface area contributed by atoms with Crippen molar-refractivity contribution < 1.29 is 14.3 Å². The molecule has 0 aliphatic carbocycles. The van der Waals surface area contributed by atoms with Crippen LogP contribution < -0.4 is 5.32 Å². The second-order valence-corrected chi connectivity index (χ2v) is 4.78. The maximum absolute atomic E-state index is 13.2. The lowest BCUT2D eigenvalue weighted by atomic mass is 10.2. The fourth-order valence-electron chi connectivity index (χ4n) is 1.56. The average molecular weight is 325 g/mol. The Morgan fingerprint density at radius 3 is 2.84 bits per heavy atom. The molecular weight excluding hydrogens is 315 g/mol. The summed E-state index contributed by atoms with van der Waals surface area (Å²) in [5.41, 5.74) is 1.12. The molecule has 0 unspecified atom stereocenters. The first-order valence-electron chi connectivity index (χ1n) is 5.42. The van der Waals surface area contributed by atoms with E-state index in [1.807, 2.05) is 6.07 Å². The highest BCUT2D eigenvalue weighted by molar-refractivity contribution is 9.10. The van der Waals surface area contributed by atoms with Crippen molar-refractivity contribution in [2.75, 3.05) is 5.32 Å². The van der Waals surface area contributed by atoms with E-state index in [9.17, 15) is 9.18 Å². The zero-order chi connectivity index (χ0) is 13.8. The van der Waals surface area contributed by atoms with E-state index in [4.69, 9.17) is 5.11 Å². The number of carboxylic acids is 1. The van der Waals surface area contributed by atoms with E-state index in [1.54, 1.807) is 12.4 Å². The lowest BCUT2D eigenvalue weighted by Gasteiger charge is -2.08. The molecule has 1 aromatic heterocycles. The zero-order valence-electron chi connectivity index (χ0n) is 9.73. The highest BCUT2D eigenvalue weighted by atomic mass is 79.9. The number of pyridine rings is 1. The van der Waals surface area contributed by atoms with Crippen molar-refractivity contribution in [3.8, 4) is 0 Å². The van der Waals surface area contributed by atoms with Crippen LogP contribution in [0, 0.1) is 5.82 Å². The summed E-state index contributed by atoms with van der Waals surface area (Å²) < 4.78 is 14.1. The second-order valence-electron chi connectivity index (χ2n) is 3.86. The number of carbonyl (C=O) groups is 1. The fourth-order valence-corrected chi connectivity index (χ4v) is 1.97. The molecule has 6 heteroatoms. The largest absolute Gasteiger partial charge is 0.478 e. The molecule has 0 aliphatic heterocycles. The van der Waals surface area contributed by atoms with Gasteiger partial charge in [-0.3, -0.25) is 4.98 Å². The number of hydrogen-bond donors (Lipinski definition) is 2. The van der Waals surface area contributed by atoms with Crippen LogP contribution in [-0.4, -0.2) is 16.1 Å². The van der Waals surface area contributed by atoms with Gasteiger partial charge in [-0.1, -0.05) is 0 Å². The number of benzene rings is 1. The Morgan fingerprint density at radius 2 is 2.16 bits per heavy atom. The molecule has 0 atom stereocenters. The van der Waals surface area contributed by atoms with Gasteiger partial charge in [-0.25, -0.2) is 9.18 Å². The first-order valence-corrected chi connectivity index (χ1v) is 6.21. The molecule has 4 nitrogen and oxygen atoms in total. The van der Waals surface area contributed by atoms with Crippen LogP contribution in [0.1, 0.15) is 15.9 Å². The minimum atomic E-state index is -1.29. The van der Waals surface area contributed by atoms with Crippen LogP contribution in [0.15, 0.2) is 41.1 Å². The van der Waals surface area contributed by atoms with Crippen LogP contribution in [0.4, 0.5) is 10.1 Å². The molecule has 2 N–H and O–H groups in total. The molecule has 0 radical (unpaired) electrons. The average Bonchev–Trinajstić information content (AvgIpc) is 2.37. The molecule has 19 heavy (non-hydrogen) atoms. The molecule has 0 bridgehead atoms. The molecule has 0 spiro atoms. The number of carboxylic acid groups (broad SMARTS) is 1. The third kappa shape index (κ3) is 3.51. The Kier molecular flexibility index (Phi) is 4.11. The van der Waals surface area contributed by atoms with Crippen LogP contribution >= 0.6 is 15.9 Å². The van der Waals surface area contributed by atoms with E-state index in [0.29, 0.717) is 12.2 Å². The normalized spacial score (nSPS) is 10.2. The van der Waals surface area contributed by atoms with E-state index in [1.165, 1.54) is 12.1 Å². The van der Waals surface area contributed by atoms with Gasteiger partial charge >= 0.3 is 5.97 Å². The van der Waals surface area contributed by atoms with Gasteiger partial charge in [0.05, 0.1) is 5.56 Å². The molecule has 98 valence electrons.